The predicted molar refractivity (Wildman–Crippen MR) is 54.7 cm³/mol. The number of hydrogen-bond acceptors (Lipinski definition) is 3. The van der Waals surface area contributed by atoms with Gasteiger partial charge in [0.15, 0.2) is 5.58 Å². The first-order valence-electron chi connectivity index (χ1n) is 4.87. The maximum Gasteiger partial charge on any atom is 0.417 e. The Morgan fingerprint density at radius 3 is 2.80 bits per heavy atom. The van der Waals surface area contributed by atoms with Crippen LogP contribution in [-0.4, -0.2) is 10.6 Å². The van der Waals surface area contributed by atoms with Gasteiger partial charge in [0.05, 0.1) is 11.1 Å². The van der Waals surface area contributed by atoms with E-state index < -0.39 is 5.76 Å². The van der Waals surface area contributed by atoms with Crippen LogP contribution in [0, 0.1) is 0 Å². The number of oxazole rings is 1. The topological polar surface area (TPSA) is 58.5 Å². The number of aromatic nitrogens is 1. The number of rotatable bonds is 1. The Balaban J connectivity index is 2.11. The zero-order chi connectivity index (χ0) is 10.6. The minimum absolute atomic E-state index is 0.0856. The first kappa shape index (κ1) is 8.73. The molecule has 4 nitrogen and oxygen atoms in total. The average molecular weight is 205 g/mol. The maximum atomic E-state index is 11.0. The molecule has 0 radical (unpaired) electrons. The summed E-state index contributed by atoms with van der Waals surface area (Å²) in [6.07, 6.45) is 0.125. The second-order valence-corrected chi connectivity index (χ2v) is 4.37. The number of aromatic amines is 1. The van der Waals surface area contributed by atoms with Crippen molar-refractivity contribution >= 4 is 11.1 Å². The Kier molecular flexibility index (Phi) is 1.47. The van der Waals surface area contributed by atoms with Crippen LogP contribution in [0.4, 0.5) is 0 Å². The lowest BCUT2D eigenvalue weighted by Crippen LogP contribution is -1.97. The lowest BCUT2D eigenvalue weighted by molar-refractivity contribution is 0.325. The van der Waals surface area contributed by atoms with Gasteiger partial charge in [-0.3, -0.25) is 4.98 Å². The van der Waals surface area contributed by atoms with E-state index in [-0.39, 0.29) is 11.7 Å². The summed E-state index contributed by atoms with van der Waals surface area (Å²) in [4.78, 5) is 13.6. The normalized spacial score (nSPS) is 23.2. The Morgan fingerprint density at radius 2 is 2.13 bits per heavy atom. The van der Waals surface area contributed by atoms with Crippen molar-refractivity contribution in [3.05, 3.63) is 34.3 Å². The van der Waals surface area contributed by atoms with E-state index in [9.17, 15) is 4.79 Å². The van der Waals surface area contributed by atoms with E-state index >= 15 is 0 Å². The van der Waals surface area contributed by atoms with Crippen LogP contribution in [0.2, 0.25) is 0 Å². The predicted octanol–water partition coefficient (Wildman–Crippen LogP) is 1.97. The van der Waals surface area contributed by atoms with E-state index in [1.807, 2.05) is 26.0 Å². The number of fused-ring (bicyclic) bond motifs is 1. The summed E-state index contributed by atoms with van der Waals surface area (Å²) in [7, 11) is 0. The molecule has 1 aliphatic heterocycles. The molecule has 0 spiro atoms. The van der Waals surface area contributed by atoms with E-state index in [0.29, 0.717) is 5.58 Å². The van der Waals surface area contributed by atoms with Gasteiger partial charge in [-0.1, -0.05) is 6.07 Å². The fraction of sp³-hybridized carbons (Fsp3) is 0.364. The summed E-state index contributed by atoms with van der Waals surface area (Å²) in [6, 6.07) is 5.62. The van der Waals surface area contributed by atoms with Crippen LogP contribution in [0.15, 0.2) is 27.4 Å². The van der Waals surface area contributed by atoms with E-state index in [0.717, 1.165) is 11.1 Å². The number of H-pyrrole nitrogens is 1. The number of nitrogens with one attached hydrogen (secondary N) is 1. The van der Waals surface area contributed by atoms with Crippen LogP contribution in [0.3, 0.4) is 0 Å². The van der Waals surface area contributed by atoms with Crippen molar-refractivity contribution in [2.45, 2.75) is 25.6 Å². The largest absolute Gasteiger partial charge is 0.417 e. The second-order valence-electron chi connectivity index (χ2n) is 4.37. The van der Waals surface area contributed by atoms with Crippen molar-refractivity contribution in [1.82, 2.24) is 4.98 Å². The van der Waals surface area contributed by atoms with E-state index in [4.69, 9.17) is 9.15 Å². The molecule has 3 rings (SSSR count). The Bertz CT molecular complexity index is 579. The second kappa shape index (κ2) is 2.52. The molecule has 1 aliphatic rings. The lowest BCUT2D eigenvalue weighted by atomic mass is 10.0. The van der Waals surface area contributed by atoms with E-state index in [1.165, 1.54) is 0 Å². The highest BCUT2D eigenvalue weighted by Crippen LogP contribution is 2.48. The highest BCUT2D eigenvalue weighted by atomic mass is 16.6. The highest BCUT2D eigenvalue weighted by molar-refractivity contribution is 5.73. The van der Waals surface area contributed by atoms with Gasteiger partial charge >= 0.3 is 5.76 Å². The van der Waals surface area contributed by atoms with Gasteiger partial charge in [0.2, 0.25) is 0 Å². The van der Waals surface area contributed by atoms with Crippen molar-refractivity contribution in [3.63, 3.8) is 0 Å². The van der Waals surface area contributed by atoms with Gasteiger partial charge in [0, 0.05) is 0 Å². The molecule has 2 heterocycles. The first-order chi connectivity index (χ1) is 7.06. The molecule has 0 amide bonds. The molecular weight excluding hydrogens is 194 g/mol. The quantitative estimate of drug-likeness (QED) is 0.724. The molecule has 1 N–H and O–H groups in total. The number of epoxide rings is 1. The maximum absolute atomic E-state index is 11.0. The molecule has 1 aromatic carbocycles. The molecule has 0 saturated carbocycles. The number of hydrogen-bond donors (Lipinski definition) is 1. The molecule has 78 valence electrons. The van der Waals surface area contributed by atoms with Gasteiger partial charge in [0.1, 0.15) is 6.10 Å². The zero-order valence-corrected chi connectivity index (χ0v) is 8.53. The van der Waals surface area contributed by atoms with Crippen LogP contribution in [0.5, 0.6) is 0 Å². The minimum atomic E-state index is -0.418. The van der Waals surface area contributed by atoms with Crippen molar-refractivity contribution < 1.29 is 9.15 Å². The summed E-state index contributed by atoms with van der Waals surface area (Å²) in [6.45, 7) is 4.08. The van der Waals surface area contributed by atoms with Crippen LogP contribution < -0.4 is 5.76 Å². The molecule has 1 unspecified atom stereocenters. The Hall–Kier alpha value is -1.55. The van der Waals surface area contributed by atoms with Crippen molar-refractivity contribution in [1.29, 1.82) is 0 Å². The molecule has 4 heteroatoms. The molecule has 0 aliphatic carbocycles. The standard InChI is InChI=1S/C11H11NO3/c1-11(2)9(15-11)6-3-4-8-7(5-6)12-10(13)14-8/h3-5,9H,1-2H3,(H,12,13). The SMILES string of the molecule is CC1(C)OC1c1ccc2oc(=O)[nH]c2c1. The molecule has 0 bridgehead atoms. The molecule has 15 heavy (non-hydrogen) atoms. The molecule has 2 aromatic rings. The molecular formula is C11H11NO3. The molecule has 1 fully saturated rings. The van der Waals surface area contributed by atoms with Gasteiger partial charge in [-0.2, -0.15) is 0 Å². The van der Waals surface area contributed by atoms with Crippen LogP contribution in [0.1, 0.15) is 25.5 Å². The van der Waals surface area contributed by atoms with Gasteiger partial charge in [0.25, 0.3) is 0 Å². The summed E-state index contributed by atoms with van der Waals surface area (Å²) in [5.41, 5.74) is 2.30. The van der Waals surface area contributed by atoms with Gasteiger partial charge in [-0.15, -0.1) is 0 Å². The van der Waals surface area contributed by atoms with Crippen LogP contribution in [-0.2, 0) is 4.74 Å². The monoisotopic (exact) mass is 205 g/mol. The third kappa shape index (κ3) is 1.29. The molecule has 1 aromatic heterocycles. The van der Waals surface area contributed by atoms with Gasteiger partial charge in [-0.25, -0.2) is 4.79 Å². The average Bonchev–Trinajstić information content (AvgIpc) is 2.65. The fourth-order valence-corrected chi connectivity index (χ4v) is 1.87. The van der Waals surface area contributed by atoms with Crippen molar-refractivity contribution in [2.24, 2.45) is 0 Å². The first-order valence-corrected chi connectivity index (χ1v) is 4.87. The third-order valence-electron chi connectivity index (χ3n) is 2.74. The Morgan fingerprint density at radius 1 is 1.40 bits per heavy atom. The third-order valence-corrected chi connectivity index (χ3v) is 2.74. The fourth-order valence-electron chi connectivity index (χ4n) is 1.87. The van der Waals surface area contributed by atoms with Crippen LogP contribution in [0.25, 0.3) is 11.1 Å². The molecule has 1 saturated heterocycles. The van der Waals surface area contributed by atoms with Crippen molar-refractivity contribution in [3.8, 4) is 0 Å². The smallest absolute Gasteiger partial charge is 0.408 e. The lowest BCUT2D eigenvalue weighted by Gasteiger charge is -1.97. The molecule has 1 atom stereocenters. The van der Waals surface area contributed by atoms with E-state index in [1.54, 1.807) is 6.07 Å². The summed E-state index contributed by atoms with van der Waals surface area (Å²) in [5.74, 6) is -0.418. The van der Waals surface area contributed by atoms with E-state index in [2.05, 4.69) is 4.98 Å². The van der Waals surface area contributed by atoms with Gasteiger partial charge < -0.3 is 9.15 Å². The zero-order valence-electron chi connectivity index (χ0n) is 8.53. The minimum Gasteiger partial charge on any atom is -0.408 e. The number of ether oxygens (including phenoxy) is 1. The summed E-state index contributed by atoms with van der Waals surface area (Å²) < 4.78 is 10.4. The van der Waals surface area contributed by atoms with Crippen molar-refractivity contribution in [2.75, 3.05) is 0 Å². The Labute approximate surface area is 85.9 Å². The highest BCUT2D eigenvalue weighted by Gasteiger charge is 2.48. The summed E-state index contributed by atoms with van der Waals surface area (Å²) >= 11 is 0. The van der Waals surface area contributed by atoms with Gasteiger partial charge in [-0.05, 0) is 31.5 Å². The van der Waals surface area contributed by atoms with Crippen LogP contribution >= 0.6 is 0 Å². The summed E-state index contributed by atoms with van der Waals surface area (Å²) in [5, 5.41) is 0. The number of benzene rings is 1.